The minimum Gasteiger partial charge on any atom is -0.480 e. The maximum atomic E-state index is 12.0. The molecule has 2 amide bonds. The van der Waals surface area contributed by atoms with Crippen LogP contribution in [-0.2, 0) is 11.3 Å². The van der Waals surface area contributed by atoms with Gasteiger partial charge in [-0.05, 0) is 20.3 Å². The molecule has 1 unspecified atom stereocenters. The monoisotopic (exact) mass is 285 g/mol. The van der Waals surface area contributed by atoms with E-state index in [-0.39, 0.29) is 18.6 Å². The van der Waals surface area contributed by atoms with Gasteiger partial charge < -0.3 is 15.3 Å². The Morgan fingerprint density at radius 2 is 2.26 bits per heavy atom. The molecule has 19 heavy (non-hydrogen) atoms. The summed E-state index contributed by atoms with van der Waals surface area (Å²) in [6, 6.07) is -0.470. The normalized spacial score (nSPS) is 11.9. The van der Waals surface area contributed by atoms with Crippen LogP contribution < -0.4 is 5.32 Å². The molecule has 1 heterocycles. The number of nitrogens with one attached hydrogen (secondary N) is 1. The minimum atomic E-state index is -1.01. The molecule has 0 aromatic carbocycles. The first-order valence-corrected chi connectivity index (χ1v) is 6.93. The van der Waals surface area contributed by atoms with E-state index in [9.17, 15) is 9.59 Å². The Morgan fingerprint density at radius 1 is 1.58 bits per heavy atom. The summed E-state index contributed by atoms with van der Waals surface area (Å²) in [6.07, 6.45) is 2.42. The SMILES string of the molecule is CCC(C)N(CC(=O)O)C(=O)NCc1cnc(C)s1. The van der Waals surface area contributed by atoms with E-state index in [0.29, 0.717) is 13.0 Å². The Kier molecular flexibility index (Phi) is 5.75. The summed E-state index contributed by atoms with van der Waals surface area (Å²) in [5.41, 5.74) is 0. The Labute approximate surface area is 116 Å². The number of aliphatic carboxylic acids is 1. The summed E-state index contributed by atoms with van der Waals surface area (Å²) < 4.78 is 0. The first-order chi connectivity index (χ1) is 8.93. The predicted octanol–water partition coefficient (Wildman–Crippen LogP) is 1.85. The average molecular weight is 285 g/mol. The van der Waals surface area contributed by atoms with Crippen LogP contribution in [0.3, 0.4) is 0 Å². The number of thiazole rings is 1. The number of hydrogen-bond donors (Lipinski definition) is 2. The molecule has 1 aromatic heterocycles. The molecule has 0 aliphatic heterocycles. The van der Waals surface area contributed by atoms with Gasteiger partial charge in [0.25, 0.3) is 0 Å². The van der Waals surface area contributed by atoms with Gasteiger partial charge in [-0.15, -0.1) is 11.3 Å². The van der Waals surface area contributed by atoms with Crippen molar-refractivity contribution in [2.45, 2.75) is 39.8 Å². The fourth-order valence-electron chi connectivity index (χ4n) is 1.55. The van der Waals surface area contributed by atoms with Crippen molar-refractivity contribution in [3.8, 4) is 0 Å². The number of hydrogen-bond acceptors (Lipinski definition) is 4. The van der Waals surface area contributed by atoms with Crippen LogP contribution in [-0.4, -0.2) is 39.6 Å². The van der Waals surface area contributed by atoms with Crippen LogP contribution in [0.15, 0.2) is 6.20 Å². The summed E-state index contributed by atoms with van der Waals surface area (Å²) in [7, 11) is 0. The zero-order valence-electron chi connectivity index (χ0n) is 11.3. The van der Waals surface area contributed by atoms with Crippen LogP contribution in [0.25, 0.3) is 0 Å². The molecule has 0 spiro atoms. The number of carbonyl (C=O) groups is 2. The van der Waals surface area contributed by atoms with Gasteiger partial charge in [0.2, 0.25) is 0 Å². The van der Waals surface area contributed by atoms with Crippen molar-refractivity contribution in [2.24, 2.45) is 0 Å². The lowest BCUT2D eigenvalue weighted by molar-refractivity contribution is -0.138. The molecule has 0 bridgehead atoms. The van der Waals surface area contributed by atoms with Gasteiger partial charge >= 0.3 is 12.0 Å². The Morgan fingerprint density at radius 3 is 2.74 bits per heavy atom. The van der Waals surface area contributed by atoms with E-state index < -0.39 is 5.97 Å². The van der Waals surface area contributed by atoms with E-state index in [0.717, 1.165) is 9.88 Å². The number of carboxylic acids is 1. The third-order valence-corrected chi connectivity index (χ3v) is 3.69. The minimum absolute atomic E-state index is 0.112. The van der Waals surface area contributed by atoms with Crippen molar-refractivity contribution < 1.29 is 14.7 Å². The van der Waals surface area contributed by atoms with E-state index >= 15 is 0 Å². The Hall–Kier alpha value is -1.63. The maximum absolute atomic E-state index is 12.0. The molecule has 0 aliphatic carbocycles. The number of carboxylic acid groups (broad SMARTS) is 1. The molecule has 1 rings (SSSR count). The molecule has 0 radical (unpaired) electrons. The number of carbonyl (C=O) groups excluding carboxylic acids is 1. The maximum Gasteiger partial charge on any atom is 0.323 e. The highest BCUT2D eigenvalue weighted by Crippen LogP contribution is 2.11. The second-order valence-electron chi connectivity index (χ2n) is 4.28. The van der Waals surface area contributed by atoms with Crippen molar-refractivity contribution >= 4 is 23.3 Å². The molecule has 0 fully saturated rings. The van der Waals surface area contributed by atoms with E-state index in [1.54, 1.807) is 6.20 Å². The van der Waals surface area contributed by atoms with Crippen LogP contribution in [0.2, 0.25) is 0 Å². The summed E-state index contributed by atoms with van der Waals surface area (Å²) in [6.45, 7) is 5.73. The fourth-order valence-corrected chi connectivity index (χ4v) is 2.28. The van der Waals surface area contributed by atoms with Crippen LogP contribution in [0, 0.1) is 6.92 Å². The van der Waals surface area contributed by atoms with E-state index in [4.69, 9.17) is 5.11 Å². The molecular weight excluding hydrogens is 266 g/mol. The number of urea groups is 1. The first-order valence-electron chi connectivity index (χ1n) is 6.11. The lowest BCUT2D eigenvalue weighted by Gasteiger charge is -2.26. The molecule has 1 aromatic rings. The molecule has 0 saturated carbocycles. The van der Waals surface area contributed by atoms with Crippen molar-refractivity contribution in [3.05, 3.63) is 16.1 Å². The number of amides is 2. The van der Waals surface area contributed by atoms with E-state index in [2.05, 4.69) is 10.3 Å². The van der Waals surface area contributed by atoms with Crippen LogP contribution in [0.5, 0.6) is 0 Å². The molecule has 0 saturated heterocycles. The van der Waals surface area contributed by atoms with Gasteiger partial charge in [0.05, 0.1) is 11.6 Å². The fraction of sp³-hybridized carbons (Fsp3) is 0.583. The van der Waals surface area contributed by atoms with Crippen molar-refractivity contribution in [2.75, 3.05) is 6.54 Å². The smallest absolute Gasteiger partial charge is 0.323 e. The lowest BCUT2D eigenvalue weighted by atomic mass is 10.2. The van der Waals surface area contributed by atoms with Crippen molar-refractivity contribution in [3.63, 3.8) is 0 Å². The third-order valence-electron chi connectivity index (χ3n) is 2.77. The molecule has 2 N–H and O–H groups in total. The van der Waals surface area contributed by atoms with Gasteiger partial charge in [0, 0.05) is 17.1 Å². The highest BCUT2D eigenvalue weighted by Gasteiger charge is 2.21. The zero-order chi connectivity index (χ0) is 14.4. The summed E-state index contributed by atoms with van der Waals surface area (Å²) >= 11 is 1.51. The summed E-state index contributed by atoms with van der Waals surface area (Å²) in [5.74, 6) is -1.01. The lowest BCUT2D eigenvalue weighted by Crippen LogP contribution is -2.47. The number of rotatable bonds is 6. The van der Waals surface area contributed by atoms with E-state index in [1.165, 1.54) is 16.2 Å². The van der Waals surface area contributed by atoms with Crippen molar-refractivity contribution in [1.82, 2.24) is 15.2 Å². The summed E-state index contributed by atoms with van der Waals surface area (Å²) in [4.78, 5) is 29.2. The second-order valence-corrected chi connectivity index (χ2v) is 5.60. The Balaban J connectivity index is 2.58. The summed E-state index contributed by atoms with van der Waals surface area (Å²) in [5, 5.41) is 12.5. The molecule has 0 aliphatic rings. The second kappa shape index (κ2) is 7.08. The molecule has 6 nitrogen and oxygen atoms in total. The topological polar surface area (TPSA) is 82.5 Å². The number of nitrogens with zero attached hydrogens (tertiary/aromatic N) is 2. The van der Waals surface area contributed by atoms with Gasteiger partial charge in [-0.3, -0.25) is 4.79 Å². The first kappa shape index (κ1) is 15.4. The Bertz CT molecular complexity index is 447. The van der Waals surface area contributed by atoms with Crippen molar-refractivity contribution in [1.29, 1.82) is 0 Å². The van der Waals surface area contributed by atoms with E-state index in [1.807, 2.05) is 20.8 Å². The molecule has 1 atom stereocenters. The van der Waals surface area contributed by atoms with Gasteiger partial charge in [-0.1, -0.05) is 6.92 Å². The highest BCUT2D eigenvalue weighted by atomic mass is 32.1. The highest BCUT2D eigenvalue weighted by molar-refractivity contribution is 7.11. The average Bonchev–Trinajstić information content (AvgIpc) is 2.77. The standard InChI is InChI=1S/C12H19N3O3S/c1-4-8(2)15(7-11(16)17)12(18)14-6-10-5-13-9(3)19-10/h5,8H,4,6-7H2,1-3H3,(H,14,18)(H,16,17). The predicted molar refractivity (Wildman–Crippen MR) is 73.2 cm³/mol. The van der Waals surface area contributed by atoms with Crippen LogP contribution >= 0.6 is 11.3 Å². The van der Waals surface area contributed by atoms with Gasteiger partial charge in [0.15, 0.2) is 0 Å². The molecule has 7 heteroatoms. The number of aromatic nitrogens is 1. The van der Waals surface area contributed by atoms with Gasteiger partial charge in [0.1, 0.15) is 6.54 Å². The van der Waals surface area contributed by atoms with Crippen LogP contribution in [0.1, 0.15) is 30.2 Å². The van der Waals surface area contributed by atoms with Crippen LogP contribution in [0.4, 0.5) is 4.79 Å². The zero-order valence-corrected chi connectivity index (χ0v) is 12.2. The largest absolute Gasteiger partial charge is 0.480 e. The third kappa shape index (κ3) is 4.86. The molecule has 106 valence electrons. The van der Waals surface area contributed by atoms with Gasteiger partial charge in [-0.2, -0.15) is 0 Å². The van der Waals surface area contributed by atoms with Gasteiger partial charge in [-0.25, -0.2) is 9.78 Å². The number of aryl methyl sites for hydroxylation is 1. The quantitative estimate of drug-likeness (QED) is 0.835. The molecular formula is C12H19N3O3S.